The summed E-state index contributed by atoms with van der Waals surface area (Å²) >= 11 is 0. The lowest BCUT2D eigenvalue weighted by molar-refractivity contribution is 0.0714. The van der Waals surface area contributed by atoms with Crippen molar-refractivity contribution < 1.29 is 13.9 Å². The van der Waals surface area contributed by atoms with Gasteiger partial charge in [-0.05, 0) is 36.8 Å². The number of aliphatic hydroxyl groups is 1. The average Bonchev–Trinajstić information content (AvgIpc) is 2.44. The van der Waals surface area contributed by atoms with Crippen LogP contribution in [0.4, 0.5) is 8.78 Å². The Morgan fingerprint density at radius 3 is 2.30 bits per heavy atom. The molecule has 0 heterocycles. The van der Waals surface area contributed by atoms with Crippen LogP contribution in [0.1, 0.15) is 51.0 Å². The van der Waals surface area contributed by atoms with E-state index in [0.717, 1.165) is 31.6 Å². The molecule has 0 spiro atoms. The number of halogens is 2. The van der Waals surface area contributed by atoms with E-state index >= 15 is 0 Å². The van der Waals surface area contributed by atoms with Crippen molar-refractivity contribution in [2.24, 2.45) is 11.8 Å². The highest BCUT2D eigenvalue weighted by molar-refractivity contribution is 5.20. The zero-order valence-electron chi connectivity index (χ0n) is 12.1. The topological polar surface area (TPSA) is 20.2 Å². The molecule has 20 heavy (non-hydrogen) atoms. The van der Waals surface area contributed by atoms with E-state index in [9.17, 15) is 13.9 Å². The van der Waals surface area contributed by atoms with Crippen LogP contribution >= 0.6 is 0 Å². The molecule has 1 N–H and O–H groups in total. The third-order valence-corrected chi connectivity index (χ3v) is 4.61. The van der Waals surface area contributed by atoms with E-state index in [1.807, 2.05) is 0 Å². The van der Waals surface area contributed by atoms with Gasteiger partial charge in [0.1, 0.15) is 11.6 Å². The molecule has 1 atom stereocenters. The third kappa shape index (κ3) is 3.78. The Bertz CT molecular complexity index is 405. The van der Waals surface area contributed by atoms with Crippen LogP contribution in [-0.4, -0.2) is 11.2 Å². The lowest BCUT2D eigenvalue weighted by Gasteiger charge is -2.31. The normalized spacial score (nSPS) is 24.6. The van der Waals surface area contributed by atoms with E-state index in [2.05, 4.69) is 6.92 Å². The molecule has 0 aromatic heterocycles. The van der Waals surface area contributed by atoms with Gasteiger partial charge in [0.2, 0.25) is 0 Å². The van der Waals surface area contributed by atoms with Crippen molar-refractivity contribution in [2.45, 2.75) is 58.0 Å². The maximum atomic E-state index is 13.6. The second-order valence-corrected chi connectivity index (χ2v) is 6.04. The first-order chi connectivity index (χ1) is 9.61. The fraction of sp³-hybridized carbons (Fsp3) is 0.647. The third-order valence-electron chi connectivity index (χ3n) is 4.61. The fourth-order valence-electron chi connectivity index (χ4n) is 3.37. The quantitative estimate of drug-likeness (QED) is 0.844. The highest BCUT2D eigenvalue weighted by Crippen LogP contribution is 2.34. The van der Waals surface area contributed by atoms with Crippen LogP contribution in [0, 0.1) is 23.5 Å². The van der Waals surface area contributed by atoms with Crippen LogP contribution in [0.2, 0.25) is 0 Å². The predicted octanol–water partition coefficient (Wildman–Crippen LogP) is 4.47. The van der Waals surface area contributed by atoms with Crippen LogP contribution in [-0.2, 0) is 6.42 Å². The van der Waals surface area contributed by atoms with E-state index in [0.29, 0.717) is 0 Å². The molecule has 1 fully saturated rings. The smallest absolute Gasteiger partial charge is 0.129 e. The first-order valence-electron chi connectivity index (χ1n) is 7.72. The molecule has 1 saturated carbocycles. The SMILES string of the molecule is CCCC1CCC(C(O)Cc2c(F)cccc2F)CC1. The molecule has 1 aromatic carbocycles. The van der Waals surface area contributed by atoms with Gasteiger partial charge in [0.25, 0.3) is 0 Å². The maximum Gasteiger partial charge on any atom is 0.129 e. The van der Waals surface area contributed by atoms with Gasteiger partial charge >= 0.3 is 0 Å². The summed E-state index contributed by atoms with van der Waals surface area (Å²) in [6, 6.07) is 3.86. The lowest BCUT2D eigenvalue weighted by atomic mass is 9.77. The van der Waals surface area contributed by atoms with Crippen molar-refractivity contribution in [2.75, 3.05) is 0 Å². The Kier molecular flexibility index (Phi) is 5.53. The Labute approximate surface area is 120 Å². The molecule has 1 aliphatic rings. The van der Waals surface area contributed by atoms with Gasteiger partial charge in [-0.3, -0.25) is 0 Å². The molecule has 0 bridgehead atoms. The minimum absolute atomic E-state index is 0.0238. The molecule has 0 amide bonds. The van der Waals surface area contributed by atoms with Gasteiger partial charge < -0.3 is 5.11 Å². The highest BCUT2D eigenvalue weighted by atomic mass is 19.1. The molecule has 0 saturated heterocycles. The zero-order valence-corrected chi connectivity index (χ0v) is 12.1. The fourth-order valence-corrected chi connectivity index (χ4v) is 3.37. The Morgan fingerprint density at radius 1 is 1.15 bits per heavy atom. The molecule has 3 heteroatoms. The van der Waals surface area contributed by atoms with Crippen LogP contribution in [0.5, 0.6) is 0 Å². The Morgan fingerprint density at radius 2 is 1.75 bits per heavy atom. The van der Waals surface area contributed by atoms with E-state index < -0.39 is 17.7 Å². The lowest BCUT2D eigenvalue weighted by Crippen LogP contribution is -2.28. The van der Waals surface area contributed by atoms with Gasteiger partial charge in [-0.2, -0.15) is 0 Å². The Balaban J connectivity index is 1.91. The monoisotopic (exact) mass is 282 g/mol. The van der Waals surface area contributed by atoms with E-state index in [1.165, 1.54) is 31.0 Å². The van der Waals surface area contributed by atoms with Gasteiger partial charge in [-0.1, -0.05) is 38.7 Å². The predicted molar refractivity (Wildman–Crippen MR) is 76.4 cm³/mol. The molecule has 1 unspecified atom stereocenters. The van der Waals surface area contributed by atoms with Crippen molar-refractivity contribution in [3.8, 4) is 0 Å². The summed E-state index contributed by atoms with van der Waals surface area (Å²) in [7, 11) is 0. The van der Waals surface area contributed by atoms with E-state index in [1.54, 1.807) is 0 Å². The summed E-state index contributed by atoms with van der Waals surface area (Å²) in [6.45, 7) is 2.20. The highest BCUT2D eigenvalue weighted by Gasteiger charge is 2.27. The number of benzene rings is 1. The van der Waals surface area contributed by atoms with Gasteiger partial charge in [-0.15, -0.1) is 0 Å². The first-order valence-corrected chi connectivity index (χ1v) is 7.72. The van der Waals surface area contributed by atoms with Gasteiger partial charge in [0, 0.05) is 12.0 Å². The number of hydrogen-bond donors (Lipinski definition) is 1. The minimum Gasteiger partial charge on any atom is -0.392 e. The van der Waals surface area contributed by atoms with Crippen molar-refractivity contribution in [1.29, 1.82) is 0 Å². The van der Waals surface area contributed by atoms with E-state index in [-0.39, 0.29) is 17.9 Å². The molecular formula is C17H24F2O. The summed E-state index contributed by atoms with van der Waals surface area (Å²) < 4.78 is 27.2. The van der Waals surface area contributed by atoms with Gasteiger partial charge in [0.05, 0.1) is 6.10 Å². The summed E-state index contributed by atoms with van der Waals surface area (Å²) in [5, 5.41) is 10.3. The summed E-state index contributed by atoms with van der Waals surface area (Å²) in [6.07, 6.45) is 6.13. The van der Waals surface area contributed by atoms with Crippen molar-refractivity contribution in [3.05, 3.63) is 35.4 Å². The molecular weight excluding hydrogens is 258 g/mol. The minimum atomic E-state index is -0.635. The van der Waals surface area contributed by atoms with Crippen LogP contribution in [0.15, 0.2) is 18.2 Å². The average molecular weight is 282 g/mol. The first kappa shape index (κ1) is 15.4. The second-order valence-electron chi connectivity index (χ2n) is 6.04. The zero-order chi connectivity index (χ0) is 14.5. The number of aliphatic hydroxyl groups excluding tert-OH is 1. The Hall–Kier alpha value is -0.960. The second kappa shape index (κ2) is 7.16. The molecule has 1 aromatic rings. The van der Waals surface area contributed by atoms with Crippen LogP contribution in [0.3, 0.4) is 0 Å². The molecule has 0 aliphatic heterocycles. The van der Waals surface area contributed by atoms with Crippen LogP contribution < -0.4 is 0 Å². The van der Waals surface area contributed by atoms with Crippen molar-refractivity contribution >= 4 is 0 Å². The molecule has 112 valence electrons. The molecule has 2 rings (SSSR count). The molecule has 1 nitrogen and oxygen atoms in total. The molecule has 0 radical (unpaired) electrons. The summed E-state index contributed by atoms with van der Waals surface area (Å²) in [5.74, 6) is -0.150. The standard InChI is InChI=1S/C17H24F2O/c1-2-4-12-7-9-13(10-8-12)17(20)11-14-15(18)5-3-6-16(14)19/h3,5-6,12-13,17,20H,2,4,7-11H2,1H3. The maximum absolute atomic E-state index is 13.6. The number of rotatable bonds is 5. The number of hydrogen-bond acceptors (Lipinski definition) is 1. The summed E-state index contributed by atoms with van der Waals surface area (Å²) in [5.41, 5.74) is 0.0238. The van der Waals surface area contributed by atoms with E-state index in [4.69, 9.17) is 0 Å². The largest absolute Gasteiger partial charge is 0.392 e. The molecule has 1 aliphatic carbocycles. The van der Waals surface area contributed by atoms with Crippen molar-refractivity contribution in [3.63, 3.8) is 0 Å². The van der Waals surface area contributed by atoms with Crippen LogP contribution in [0.25, 0.3) is 0 Å². The summed E-state index contributed by atoms with van der Waals surface area (Å²) in [4.78, 5) is 0. The van der Waals surface area contributed by atoms with Gasteiger partial charge in [-0.25, -0.2) is 8.78 Å². The van der Waals surface area contributed by atoms with Crippen molar-refractivity contribution in [1.82, 2.24) is 0 Å². The van der Waals surface area contributed by atoms with Gasteiger partial charge in [0.15, 0.2) is 0 Å².